The van der Waals surface area contributed by atoms with Crippen LogP contribution in [0, 0.1) is 0 Å². The van der Waals surface area contributed by atoms with Crippen LogP contribution in [0.25, 0.3) is 12.2 Å². The van der Waals surface area contributed by atoms with Gasteiger partial charge in [-0.15, -0.1) is 0 Å². The van der Waals surface area contributed by atoms with Gasteiger partial charge in [0.05, 0.1) is 5.56 Å². The van der Waals surface area contributed by atoms with E-state index in [-0.39, 0.29) is 11.9 Å². The number of piperidine rings is 1. The van der Waals surface area contributed by atoms with Gasteiger partial charge in [-0.3, -0.25) is 9.69 Å². The minimum absolute atomic E-state index is 0.0463. The Labute approximate surface area is 220 Å². The number of nitrogens with zero attached hydrogens (tertiary/aromatic N) is 2. The lowest BCUT2D eigenvalue weighted by Crippen LogP contribution is -2.60. The van der Waals surface area contributed by atoms with Crippen molar-refractivity contribution in [3.05, 3.63) is 105 Å². The lowest BCUT2D eigenvalue weighted by molar-refractivity contribution is -0.0740. The van der Waals surface area contributed by atoms with Gasteiger partial charge in [-0.25, -0.2) is 0 Å². The molecule has 0 saturated carbocycles. The number of rotatable bonds is 4. The largest absolute Gasteiger partial charge is 0.384 e. The summed E-state index contributed by atoms with van der Waals surface area (Å²) in [5.74, 6) is 0.0463. The molecular weight excluding hydrogens is 524 g/mol. The molecule has 5 rings (SSSR count). The maximum absolute atomic E-state index is 13.5. The summed E-state index contributed by atoms with van der Waals surface area (Å²) in [7, 11) is 0. The van der Waals surface area contributed by atoms with E-state index in [4.69, 9.17) is 11.6 Å². The van der Waals surface area contributed by atoms with Crippen molar-refractivity contribution in [3.63, 3.8) is 0 Å². The Morgan fingerprint density at radius 3 is 2.54 bits per heavy atom. The van der Waals surface area contributed by atoms with Gasteiger partial charge in [0.25, 0.3) is 5.91 Å². The lowest BCUT2D eigenvalue weighted by Gasteiger charge is -2.49. The highest BCUT2D eigenvalue weighted by Gasteiger charge is 2.42. The molecule has 35 heavy (non-hydrogen) atoms. The number of carbonyl (C=O) groups excluding carboxylic acids is 1. The lowest BCUT2D eigenvalue weighted by atomic mass is 9.82. The van der Waals surface area contributed by atoms with Crippen molar-refractivity contribution in [3.8, 4) is 0 Å². The van der Waals surface area contributed by atoms with E-state index in [9.17, 15) is 9.90 Å². The highest BCUT2D eigenvalue weighted by Crippen LogP contribution is 2.36. The van der Waals surface area contributed by atoms with E-state index in [0.29, 0.717) is 36.6 Å². The van der Waals surface area contributed by atoms with Gasteiger partial charge in [-0.2, -0.15) is 0 Å². The average molecular weight is 552 g/mol. The number of benzene rings is 3. The Kier molecular flexibility index (Phi) is 7.12. The zero-order valence-corrected chi connectivity index (χ0v) is 21.8. The maximum atomic E-state index is 13.5. The molecule has 1 amide bonds. The zero-order chi connectivity index (χ0) is 24.4. The second-order valence-corrected chi connectivity index (χ2v) is 10.6. The third kappa shape index (κ3) is 5.24. The first-order valence-electron chi connectivity index (χ1n) is 12.0. The van der Waals surface area contributed by atoms with Crippen LogP contribution in [-0.2, 0) is 5.60 Å². The monoisotopic (exact) mass is 550 g/mol. The van der Waals surface area contributed by atoms with Crippen molar-refractivity contribution in [1.82, 2.24) is 9.80 Å². The fraction of sp³-hybridized carbons (Fsp3) is 0.276. The summed E-state index contributed by atoms with van der Waals surface area (Å²) in [6, 6.07) is 23.7. The molecule has 2 saturated heterocycles. The number of halogens is 2. The van der Waals surface area contributed by atoms with Crippen molar-refractivity contribution in [2.24, 2.45) is 0 Å². The number of carbonyl (C=O) groups is 1. The Balaban J connectivity index is 1.27. The first-order chi connectivity index (χ1) is 16.9. The molecule has 3 aromatic rings. The molecule has 2 heterocycles. The van der Waals surface area contributed by atoms with Gasteiger partial charge in [0, 0.05) is 41.7 Å². The van der Waals surface area contributed by atoms with E-state index in [1.54, 1.807) is 0 Å². The van der Waals surface area contributed by atoms with Crippen LogP contribution in [0.4, 0.5) is 0 Å². The third-order valence-corrected chi connectivity index (χ3v) is 8.28. The summed E-state index contributed by atoms with van der Waals surface area (Å²) in [6.45, 7) is 2.64. The summed E-state index contributed by atoms with van der Waals surface area (Å²) in [6.07, 6.45) is 5.59. The first kappa shape index (κ1) is 24.3. The predicted molar refractivity (Wildman–Crippen MR) is 145 cm³/mol. The quantitative estimate of drug-likeness (QED) is 0.400. The molecule has 2 aliphatic rings. The summed E-state index contributed by atoms with van der Waals surface area (Å²) < 4.78 is 0.820. The zero-order valence-electron chi connectivity index (χ0n) is 19.4. The average Bonchev–Trinajstić information content (AvgIpc) is 2.88. The van der Waals surface area contributed by atoms with Gasteiger partial charge in [-0.05, 0) is 63.7 Å². The number of amides is 1. The topological polar surface area (TPSA) is 43.8 Å². The van der Waals surface area contributed by atoms with E-state index in [0.717, 1.165) is 34.1 Å². The molecule has 0 spiro atoms. The molecule has 0 unspecified atom stereocenters. The number of hydrogen-bond donors (Lipinski definition) is 1. The smallest absolute Gasteiger partial charge is 0.255 e. The van der Waals surface area contributed by atoms with E-state index >= 15 is 0 Å². The van der Waals surface area contributed by atoms with Crippen LogP contribution in [-0.4, -0.2) is 53.0 Å². The second kappa shape index (κ2) is 10.3. The number of piperazine rings is 1. The van der Waals surface area contributed by atoms with Gasteiger partial charge in [-0.1, -0.05) is 78.4 Å². The van der Waals surface area contributed by atoms with Crippen LogP contribution in [0.2, 0.25) is 5.02 Å². The predicted octanol–water partition coefficient (Wildman–Crippen LogP) is 6.08. The molecule has 0 bridgehead atoms. The summed E-state index contributed by atoms with van der Waals surface area (Å²) >= 11 is 9.72. The van der Waals surface area contributed by atoms with Crippen molar-refractivity contribution in [2.45, 2.75) is 24.5 Å². The molecule has 3 aromatic carbocycles. The van der Waals surface area contributed by atoms with Crippen LogP contribution in [0.1, 0.15) is 39.9 Å². The normalized spacial score (nSPS) is 22.8. The van der Waals surface area contributed by atoms with Crippen LogP contribution in [0.15, 0.2) is 77.3 Å². The second-order valence-electron chi connectivity index (χ2n) is 9.41. The molecule has 2 aliphatic heterocycles. The van der Waals surface area contributed by atoms with Crippen LogP contribution >= 0.6 is 27.5 Å². The highest BCUT2D eigenvalue weighted by molar-refractivity contribution is 9.10. The summed E-state index contributed by atoms with van der Waals surface area (Å²) in [5, 5.41) is 12.0. The van der Waals surface area contributed by atoms with Crippen LogP contribution < -0.4 is 0 Å². The number of hydrogen-bond acceptors (Lipinski definition) is 3. The third-order valence-electron chi connectivity index (χ3n) is 7.14. The minimum atomic E-state index is -0.879. The van der Waals surface area contributed by atoms with Crippen LogP contribution in [0.3, 0.4) is 0 Å². The molecule has 0 aliphatic carbocycles. The number of aliphatic hydroxyl groups is 1. The Morgan fingerprint density at radius 1 is 1.00 bits per heavy atom. The molecule has 2 atom stereocenters. The fourth-order valence-electron chi connectivity index (χ4n) is 5.14. The van der Waals surface area contributed by atoms with Gasteiger partial charge >= 0.3 is 0 Å². The van der Waals surface area contributed by atoms with Crippen molar-refractivity contribution in [1.29, 1.82) is 0 Å². The number of fused-ring (bicyclic) bond motifs is 1. The Morgan fingerprint density at radius 2 is 1.77 bits per heavy atom. The molecule has 180 valence electrons. The Hall–Kier alpha value is -2.44. The van der Waals surface area contributed by atoms with Gasteiger partial charge in [0.15, 0.2) is 0 Å². The molecule has 2 fully saturated rings. The van der Waals surface area contributed by atoms with E-state index in [1.165, 1.54) is 0 Å². The standard InChI is InChI=1S/C29H28BrClN2O2/c30-27-22(10-9-21-5-2-1-3-6-21)7-4-8-26(27)28(34)32-17-18-33-20-29(35,16-15-25(33)19-32)23-11-13-24(31)14-12-23/h1-14,25,35H,15-20H2/b10-9-/t25-,29-/m1/s1. The minimum Gasteiger partial charge on any atom is -0.384 e. The molecule has 0 radical (unpaired) electrons. The molecular formula is C29H28BrClN2O2. The first-order valence-corrected chi connectivity index (χ1v) is 13.1. The van der Waals surface area contributed by atoms with E-state index in [2.05, 4.69) is 39.0 Å². The van der Waals surface area contributed by atoms with E-state index in [1.807, 2.05) is 71.6 Å². The van der Waals surface area contributed by atoms with Crippen molar-refractivity contribution >= 4 is 45.6 Å². The highest BCUT2D eigenvalue weighted by atomic mass is 79.9. The SMILES string of the molecule is O=C(c1cccc(/C=C\c2ccccc2)c1Br)N1CCN2C[C@@](O)(c3ccc(Cl)cc3)CC[C@@H]2C1. The van der Waals surface area contributed by atoms with Gasteiger partial charge < -0.3 is 10.0 Å². The molecule has 1 N–H and O–H groups in total. The van der Waals surface area contributed by atoms with Crippen molar-refractivity contribution in [2.75, 3.05) is 26.2 Å². The van der Waals surface area contributed by atoms with Gasteiger partial charge in [0.1, 0.15) is 5.60 Å². The summed E-state index contributed by atoms with van der Waals surface area (Å²) in [5.41, 5.74) is 2.80. The molecule has 6 heteroatoms. The van der Waals surface area contributed by atoms with Crippen LogP contribution in [0.5, 0.6) is 0 Å². The summed E-state index contributed by atoms with van der Waals surface area (Å²) in [4.78, 5) is 17.8. The maximum Gasteiger partial charge on any atom is 0.255 e. The Bertz CT molecular complexity index is 1230. The van der Waals surface area contributed by atoms with Crippen molar-refractivity contribution < 1.29 is 9.90 Å². The molecule has 4 nitrogen and oxygen atoms in total. The van der Waals surface area contributed by atoms with Gasteiger partial charge in [0.2, 0.25) is 0 Å². The molecule has 0 aromatic heterocycles. The van der Waals surface area contributed by atoms with E-state index < -0.39 is 5.60 Å². The fourth-order valence-corrected chi connectivity index (χ4v) is 5.83.